The molecule has 1 spiro atoms. The Morgan fingerprint density at radius 1 is 1.18 bits per heavy atom. The summed E-state index contributed by atoms with van der Waals surface area (Å²) in [6.45, 7) is 2.79. The van der Waals surface area contributed by atoms with Crippen LogP contribution in [-0.4, -0.2) is 39.3 Å². The maximum Gasteiger partial charge on any atom is 0.157 e. The van der Waals surface area contributed by atoms with Crippen molar-refractivity contribution in [1.82, 2.24) is 14.9 Å². The zero-order valence-corrected chi connectivity index (χ0v) is 12.4. The third kappa shape index (κ3) is 2.60. The molecule has 0 N–H and O–H groups in total. The van der Waals surface area contributed by atoms with Crippen molar-refractivity contribution in [3.63, 3.8) is 0 Å². The SMILES string of the molecule is c1ccc(CN2CCC3(CC(c4cccnc4)=NO3)C2)nc1. The molecule has 4 rings (SSSR count). The Morgan fingerprint density at radius 2 is 2.18 bits per heavy atom. The number of rotatable bonds is 3. The Labute approximate surface area is 129 Å². The number of oxime groups is 1. The standard InChI is InChI=1S/C17H18N4O/c1-2-8-19-15(5-1)12-21-9-6-17(13-21)10-16(20-22-17)14-4-3-7-18-11-14/h1-5,7-8,11H,6,9-10,12-13H2. The molecule has 112 valence electrons. The molecule has 0 aromatic carbocycles. The highest BCUT2D eigenvalue weighted by molar-refractivity contribution is 6.01. The Bertz CT molecular complexity index is 674. The van der Waals surface area contributed by atoms with E-state index in [2.05, 4.69) is 26.1 Å². The first-order chi connectivity index (χ1) is 10.8. The van der Waals surface area contributed by atoms with E-state index in [1.54, 1.807) is 6.20 Å². The van der Waals surface area contributed by atoms with Gasteiger partial charge in [0.25, 0.3) is 0 Å². The van der Waals surface area contributed by atoms with Gasteiger partial charge in [0.15, 0.2) is 5.60 Å². The molecule has 0 amide bonds. The Hall–Kier alpha value is -2.27. The lowest BCUT2D eigenvalue weighted by Gasteiger charge is -2.21. The molecule has 2 aromatic heterocycles. The molecule has 5 heteroatoms. The lowest BCUT2D eigenvalue weighted by Crippen LogP contribution is -2.33. The smallest absolute Gasteiger partial charge is 0.157 e. The van der Waals surface area contributed by atoms with Crippen molar-refractivity contribution in [2.24, 2.45) is 5.16 Å². The fraction of sp³-hybridized carbons (Fsp3) is 0.353. The van der Waals surface area contributed by atoms with Crippen molar-refractivity contribution < 1.29 is 4.84 Å². The summed E-state index contributed by atoms with van der Waals surface area (Å²) < 4.78 is 0. The average molecular weight is 294 g/mol. The van der Waals surface area contributed by atoms with E-state index < -0.39 is 0 Å². The van der Waals surface area contributed by atoms with Gasteiger partial charge in [0.1, 0.15) is 0 Å². The van der Waals surface area contributed by atoms with Crippen LogP contribution in [0.1, 0.15) is 24.1 Å². The normalized spacial score (nSPS) is 24.5. The van der Waals surface area contributed by atoms with Gasteiger partial charge in [-0.3, -0.25) is 14.9 Å². The Kier molecular flexibility index (Phi) is 3.35. The number of pyridine rings is 2. The van der Waals surface area contributed by atoms with Gasteiger partial charge in [-0.2, -0.15) is 0 Å². The molecule has 5 nitrogen and oxygen atoms in total. The van der Waals surface area contributed by atoms with Crippen LogP contribution in [0.2, 0.25) is 0 Å². The van der Waals surface area contributed by atoms with Crippen molar-refractivity contribution >= 4 is 5.71 Å². The van der Waals surface area contributed by atoms with Crippen LogP contribution in [0, 0.1) is 0 Å². The number of likely N-dealkylation sites (tertiary alicyclic amines) is 1. The third-order valence-electron chi connectivity index (χ3n) is 4.34. The molecular formula is C17H18N4O. The van der Waals surface area contributed by atoms with Crippen LogP contribution in [0.3, 0.4) is 0 Å². The van der Waals surface area contributed by atoms with Gasteiger partial charge in [0.05, 0.1) is 11.4 Å². The summed E-state index contributed by atoms with van der Waals surface area (Å²) >= 11 is 0. The van der Waals surface area contributed by atoms with Crippen molar-refractivity contribution in [2.75, 3.05) is 13.1 Å². The van der Waals surface area contributed by atoms with Crippen LogP contribution in [0.25, 0.3) is 0 Å². The van der Waals surface area contributed by atoms with E-state index in [4.69, 9.17) is 4.84 Å². The van der Waals surface area contributed by atoms with E-state index in [-0.39, 0.29) is 5.60 Å². The highest BCUT2D eigenvalue weighted by Gasteiger charge is 2.45. The van der Waals surface area contributed by atoms with E-state index >= 15 is 0 Å². The minimum Gasteiger partial charge on any atom is -0.387 e. The summed E-state index contributed by atoms with van der Waals surface area (Å²) in [5.74, 6) is 0. The molecule has 1 saturated heterocycles. The predicted octanol–water partition coefficient (Wildman–Crippen LogP) is 2.25. The van der Waals surface area contributed by atoms with Crippen LogP contribution in [0.15, 0.2) is 54.1 Å². The van der Waals surface area contributed by atoms with Crippen LogP contribution in [0.5, 0.6) is 0 Å². The van der Waals surface area contributed by atoms with Gasteiger partial charge in [-0.15, -0.1) is 0 Å². The molecule has 1 fully saturated rings. The highest BCUT2D eigenvalue weighted by Crippen LogP contribution is 2.35. The number of hydrogen-bond donors (Lipinski definition) is 0. The minimum atomic E-state index is -0.167. The zero-order valence-electron chi connectivity index (χ0n) is 12.4. The summed E-state index contributed by atoms with van der Waals surface area (Å²) in [6, 6.07) is 10.0. The number of aromatic nitrogens is 2. The van der Waals surface area contributed by atoms with E-state index in [1.807, 2.05) is 36.7 Å². The summed E-state index contributed by atoms with van der Waals surface area (Å²) in [6.07, 6.45) is 7.34. The molecule has 0 aliphatic carbocycles. The number of hydrogen-bond acceptors (Lipinski definition) is 5. The molecule has 0 saturated carbocycles. The van der Waals surface area contributed by atoms with E-state index in [0.29, 0.717) is 0 Å². The molecule has 22 heavy (non-hydrogen) atoms. The van der Waals surface area contributed by atoms with Gasteiger partial charge >= 0.3 is 0 Å². The van der Waals surface area contributed by atoms with Crippen LogP contribution >= 0.6 is 0 Å². The van der Waals surface area contributed by atoms with Crippen molar-refractivity contribution in [3.8, 4) is 0 Å². The van der Waals surface area contributed by atoms with Gasteiger partial charge in [0, 0.05) is 56.6 Å². The Morgan fingerprint density at radius 3 is 3.00 bits per heavy atom. The van der Waals surface area contributed by atoms with Crippen molar-refractivity contribution in [2.45, 2.75) is 25.0 Å². The zero-order chi connectivity index (χ0) is 14.8. The summed E-state index contributed by atoms with van der Waals surface area (Å²) in [5, 5.41) is 4.32. The van der Waals surface area contributed by atoms with Crippen molar-refractivity contribution in [3.05, 3.63) is 60.2 Å². The molecule has 0 bridgehead atoms. The second kappa shape index (κ2) is 5.50. The van der Waals surface area contributed by atoms with Crippen LogP contribution in [-0.2, 0) is 11.4 Å². The second-order valence-corrected chi connectivity index (χ2v) is 6.01. The van der Waals surface area contributed by atoms with Crippen molar-refractivity contribution in [1.29, 1.82) is 0 Å². The fourth-order valence-corrected chi connectivity index (χ4v) is 3.21. The van der Waals surface area contributed by atoms with Gasteiger partial charge < -0.3 is 4.84 Å². The van der Waals surface area contributed by atoms with Crippen LogP contribution < -0.4 is 0 Å². The lowest BCUT2D eigenvalue weighted by atomic mass is 9.94. The third-order valence-corrected chi connectivity index (χ3v) is 4.34. The summed E-state index contributed by atoms with van der Waals surface area (Å²) in [5.41, 5.74) is 3.00. The average Bonchev–Trinajstić information content (AvgIpc) is 3.17. The molecule has 2 aliphatic heterocycles. The fourth-order valence-electron chi connectivity index (χ4n) is 3.21. The molecule has 2 aromatic rings. The molecule has 1 unspecified atom stereocenters. The van der Waals surface area contributed by atoms with E-state index in [0.717, 1.165) is 49.4 Å². The quantitative estimate of drug-likeness (QED) is 0.871. The molecule has 4 heterocycles. The first-order valence-corrected chi connectivity index (χ1v) is 7.61. The summed E-state index contributed by atoms with van der Waals surface area (Å²) in [4.78, 5) is 16.8. The lowest BCUT2D eigenvalue weighted by molar-refractivity contribution is -0.0105. The Balaban J connectivity index is 1.41. The van der Waals surface area contributed by atoms with Crippen LogP contribution in [0.4, 0.5) is 0 Å². The highest BCUT2D eigenvalue weighted by atomic mass is 16.7. The second-order valence-electron chi connectivity index (χ2n) is 6.01. The van der Waals surface area contributed by atoms with E-state index in [9.17, 15) is 0 Å². The minimum absolute atomic E-state index is 0.167. The maximum atomic E-state index is 5.83. The monoisotopic (exact) mass is 294 g/mol. The maximum absolute atomic E-state index is 5.83. The first kappa shape index (κ1) is 13.4. The molecule has 0 radical (unpaired) electrons. The summed E-state index contributed by atoms with van der Waals surface area (Å²) in [7, 11) is 0. The first-order valence-electron chi connectivity index (χ1n) is 7.61. The molecule has 1 atom stereocenters. The predicted molar refractivity (Wildman–Crippen MR) is 83.3 cm³/mol. The van der Waals surface area contributed by atoms with Gasteiger partial charge in [0.2, 0.25) is 0 Å². The number of nitrogens with zero attached hydrogens (tertiary/aromatic N) is 4. The molecular weight excluding hydrogens is 276 g/mol. The topological polar surface area (TPSA) is 50.6 Å². The molecule has 2 aliphatic rings. The largest absolute Gasteiger partial charge is 0.387 e. The van der Waals surface area contributed by atoms with Gasteiger partial charge in [-0.05, 0) is 24.3 Å². The van der Waals surface area contributed by atoms with Gasteiger partial charge in [-0.1, -0.05) is 11.2 Å². The van der Waals surface area contributed by atoms with E-state index in [1.165, 1.54) is 0 Å². The van der Waals surface area contributed by atoms with Gasteiger partial charge in [-0.25, -0.2) is 0 Å².